The van der Waals surface area contributed by atoms with Crippen LogP contribution in [0.5, 0.6) is 0 Å². The van der Waals surface area contributed by atoms with Crippen LogP contribution >= 0.6 is 34.4 Å². The van der Waals surface area contributed by atoms with Crippen molar-refractivity contribution in [3.8, 4) is 0 Å². The molecular weight excluding hydrogens is 1230 g/mol. The Morgan fingerprint density at radius 1 is 0.778 bits per heavy atom. The van der Waals surface area contributed by atoms with Crippen molar-refractivity contribution in [1.82, 2.24) is 55.9 Å². The highest BCUT2D eigenvalue weighted by molar-refractivity contribution is 7.54. The van der Waals surface area contributed by atoms with Crippen LogP contribution in [0.1, 0.15) is 168 Å². The van der Waals surface area contributed by atoms with Crippen molar-refractivity contribution < 1.29 is 67.2 Å². The van der Waals surface area contributed by atoms with Crippen LogP contribution in [0.4, 0.5) is 9.59 Å². The second kappa shape index (κ2) is 30.3. The quantitative estimate of drug-likeness (QED) is 0.0991. The number of halogens is 3. The number of amides is 7. The highest BCUT2D eigenvalue weighted by Gasteiger charge is 2.68. The van der Waals surface area contributed by atoms with E-state index in [1.807, 2.05) is 20.8 Å². The third-order valence-corrected chi connectivity index (χ3v) is 17.0. The fraction of sp³-hybridized carbons (Fsp3) is 0.759. The number of hydrogen-bond acceptors (Lipinski definition) is 17. The van der Waals surface area contributed by atoms with Gasteiger partial charge in [0.25, 0.3) is 0 Å². The number of rotatable bonds is 17. The number of nitrogens with two attached hydrogens (primary N) is 1. The smallest absolute Gasteiger partial charge is 0.444 e. The molecule has 12 atom stereocenters. The van der Waals surface area contributed by atoms with Crippen LogP contribution in [0.2, 0.25) is 0 Å². The Kier molecular flexibility index (Phi) is 25.4. The summed E-state index contributed by atoms with van der Waals surface area (Å²) < 4.78 is 25.3. The molecule has 5 heterocycles. The topological polar surface area (TPSA) is 353 Å². The molecule has 2 aromatic heterocycles. The van der Waals surface area contributed by atoms with E-state index < -0.39 is 119 Å². The molecule has 11 unspecified atom stereocenters. The lowest BCUT2D eigenvalue weighted by Crippen LogP contribution is -2.63. The number of carbonyl (C=O) groups excluding carboxylic acids is 8. The Morgan fingerprint density at radius 2 is 1.31 bits per heavy atom. The number of H-pyrrole nitrogens is 1. The molecule has 10 N–H and O–H groups in total. The summed E-state index contributed by atoms with van der Waals surface area (Å²) in [6.07, 6.45) is 9.04. The van der Waals surface area contributed by atoms with Crippen LogP contribution < -0.4 is 32.3 Å². The van der Waals surface area contributed by atoms with Gasteiger partial charge >= 0.3 is 31.4 Å². The SMILES string of the molecule is CC(NC(=O)C(Cc1cn(C(=O)OC(C)(C)C)cn1)NC(=O)OC(C)(C)C)C(=O)NC(C(=O)N1CCCC1B1OC2C3CC(C[C@]2(C)O1)C3(C)C)C(C)(C)C.CC(NC(=O)C(N)Cc1cnc[nH]1)C(=O)NC(C(=O)N1CCCC1B(O)O)C(C)(C)C.ClB(Cl)Cl. The average Bonchev–Trinajstić information content (AvgIpc) is 1.49. The lowest BCUT2D eigenvalue weighted by molar-refractivity contribution is -0.185. The zero-order chi connectivity index (χ0) is 68.0. The first-order valence-electron chi connectivity index (χ1n) is 30.8. The number of hydrogen-bond donors (Lipinski definition) is 9. The summed E-state index contributed by atoms with van der Waals surface area (Å²) in [5.74, 6) is -2.89. The number of nitrogens with one attached hydrogen (secondary N) is 6. The molecule has 7 amide bonds. The van der Waals surface area contributed by atoms with Gasteiger partial charge in [-0.3, -0.25) is 28.8 Å². The maximum atomic E-state index is 14.4. The van der Waals surface area contributed by atoms with Crippen LogP contribution in [0.25, 0.3) is 0 Å². The number of carbonyl (C=O) groups is 8. The van der Waals surface area contributed by atoms with Gasteiger partial charge in [-0.25, -0.2) is 24.1 Å². The van der Waals surface area contributed by atoms with E-state index in [2.05, 4.69) is 62.3 Å². The van der Waals surface area contributed by atoms with Crippen LogP contribution in [-0.2, 0) is 60.4 Å². The first kappa shape index (κ1) is 75.6. The van der Waals surface area contributed by atoms with Gasteiger partial charge in [0.05, 0.1) is 41.7 Å². The standard InChI is InChI=1S/C39H63BN6O9.C19H33BN6O5.BCl3/c1-22(42-31(48)26(43-33(50)52-36(5,6)7)18-24-20-45(21-41-24)34(51)53-37(8,9)10)30(47)44-28(35(2,3)4)32(49)46-16-14-15-27(46)40-54-29-25-17-23(38(25,11)12)19-39(29,13)55-40;1-11(24-17(28)13(21)8-12-9-22-10-23-12)16(27)25-15(19(2,3)4)18(29)26-7-5-6-14(26)20(30)31;2-1(3)4/h20-23,25-29H,14-19H2,1-13H3,(H,42,48)(H,43,50)(H,44,47);9-11,13-15,30-31H,5-8,21H2,1-4H3,(H,22,23)(H,24,28)(H,25,27);/t22?,23?,25?,26?,27?,28?,29?,39-;;/m0../s1. The maximum Gasteiger partial charge on any atom is 0.481 e. The number of aromatic nitrogens is 4. The molecule has 3 saturated carbocycles. The molecule has 0 spiro atoms. The molecular formula is C58H96B3Cl3N12O14. The normalized spacial score (nSPS) is 23.9. The van der Waals surface area contributed by atoms with E-state index >= 15 is 0 Å². The lowest BCUT2D eigenvalue weighted by atomic mass is 9.45. The molecule has 32 heteroatoms. The van der Waals surface area contributed by atoms with Gasteiger partial charge < -0.3 is 75.9 Å². The van der Waals surface area contributed by atoms with Gasteiger partial charge in [0, 0.05) is 44.0 Å². The summed E-state index contributed by atoms with van der Waals surface area (Å²) in [5, 5.41) is 32.6. The maximum absolute atomic E-state index is 14.4. The van der Waals surface area contributed by atoms with Gasteiger partial charge in [0.1, 0.15) is 47.7 Å². The Balaban J connectivity index is 0.000000355. The predicted molar refractivity (Wildman–Crippen MR) is 342 cm³/mol. The van der Waals surface area contributed by atoms with E-state index in [4.69, 9.17) is 58.9 Å². The summed E-state index contributed by atoms with van der Waals surface area (Å²) in [5.41, 5.74) is 3.83. The molecule has 6 aliphatic rings. The number of aromatic amines is 1. The molecule has 6 fully saturated rings. The van der Waals surface area contributed by atoms with Gasteiger partial charge in [-0.2, -0.15) is 34.4 Å². The second-order valence-corrected chi connectivity index (χ2v) is 31.2. The van der Waals surface area contributed by atoms with Crippen molar-refractivity contribution in [2.45, 2.75) is 240 Å². The number of ether oxygens (including phenoxy) is 2. The molecule has 26 nitrogen and oxygen atoms in total. The minimum Gasteiger partial charge on any atom is -0.444 e. The first-order chi connectivity index (χ1) is 41.3. The van der Waals surface area contributed by atoms with Gasteiger partial charge in [-0.15, -0.1) is 0 Å². The molecule has 2 bridgehead atoms. The molecule has 3 aliphatic carbocycles. The molecule has 3 aliphatic heterocycles. The summed E-state index contributed by atoms with van der Waals surface area (Å²) in [7, 11) is -2.19. The summed E-state index contributed by atoms with van der Waals surface area (Å²) in [4.78, 5) is 119. The van der Waals surface area contributed by atoms with Gasteiger partial charge in [0.15, 0.2) is 0 Å². The van der Waals surface area contributed by atoms with Crippen LogP contribution in [0, 0.1) is 28.1 Å². The Morgan fingerprint density at radius 3 is 1.82 bits per heavy atom. The average molecular weight is 1320 g/mol. The highest BCUT2D eigenvalue weighted by Crippen LogP contribution is 2.65. The van der Waals surface area contributed by atoms with Crippen molar-refractivity contribution in [1.29, 1.82) is 0 Å². The van der Waals surface area contributed by atoms with Crippen molar-refractivity contribution in [3.63, 3.8) is 0 Å². The molecule has 0 radical (unpaired) electrons. The summed E-state index contributed by atoms with van der Waals surface area (Å²) in [6, 6.07) is -5.94. The second-order valence-electron chi connectivity index (χ2n) is 29.2. The van der Waals surface area contributed by atoms with E-state index in [1.54, 1.807) is 73.4 Å². The van der Waals surface area contributed by atoms with E-state index in [9.17, 15) is 48.4 Å². The Bertz CT molecular complexity index is 2830. The van der Waals surface area contributed by atoms with Crippen LogP contribution in [-0.4, -0.2) is 190 Å². The summed E-state index contributed by atoms with van der Waals surface area (Å²) in [6.45, 7) is 32.0. The third-order valence-electron chi connectivity index (χ3n) is 17.0. The van der Waals surface area contributed by atoms with Gasteiger partial charge in [-0.1, -0.05) is 55.4 Å². The van der Waals surface area contributed by atoms with Crippen molar-refractivity contribution in [2.24, 2.45) is 33.8 Å². The van der Waals surface area contributed by atoms with Crippen LogP contribution in [0.3, 0.4) is 0 Å². The third kappa shape index (κ3) is 20.4. The summed E-state index contributed by atoms with van der Waals surface area (Å²) >= 11 is 14.4. The minimum atomic E-state index is -1.64. The fourth-order valence-corrected chi connectivity index (χ4v) is 12.0. The minimum absolute atomic E-state index is 0.0214. The molecule has 90 heavy (non-hydrogen) atoms. The van der Waals surface area contributed by atoms with Crippen molar-refractivity contribution in [3.05, 3.63) is 36.4 Å². The van der Waals surface area contributed by atoms with Gasteiger partial charge in [0.2, 0.25) is 35.4 Å². The monoisotopic (exact) mass is 1320 g/mol. The zero-order valence-electron chi connectivity index (χ0n) is 55.2. The molecule has 8 rings (SSSR count). The van der Waals surface area contributed by atoms with E-state index in [0.29, 0.717) is 49.2 Å². The van der Waals surface area contributed by atoms with E-state index in [1.165, 1.54) is 37.6 Å². The fourth-order valence-electron chi connectivity index (χ4n) is 12.0. The Labute approximate surface area is 545 Å². The number of imidazole rings is 2. The largest absolute Gasteiger partial charge is 0.481 e. The molecule has 0 aromatic carbocycles. The number of alkyl carbamates (subject to hydrolysis) is 1. The van der Waals surface area contributed by atoms with Gasteiger partial charge in [-0.05, 0) is 129 Å². The van der Waals surface area contributed by atoms with E-state index in [-0.39, 0.29) is 47.7 Å². The molecule has 3 saturated heterocycles. The predicted octanol–water partition coefficient (Wildman–Crippen LogP) is 4.40. The van der Waals surface area contributed by atoms with E-state index in [0.717, 1.165) is 30.3 Å². The lowest BCUT2D eigenvalue weighted by Gasteiger charge is -2.63. The van der Waals surface area contributed by atoms with Crippen molar-refractivity contribution in [2.75, 3.05) is 13.1 Å². The van der Waals surface area contributed by atoms with Crippen molar-refractivity contribution >= 4 is 101 Å². The zero-order valence-corrected chi connectivity index (χ0v) is 57.5. The highest BCUT2D eigenvalue weighted by atomic mass is 35.6. The van der Waals surface area contributed by atoms with Crippen LogP contribution in [0.15, 0.2) is 25.0 Å². The molecule has 502 valence electrons. The molecule has 2 aromatic rings. The Hall–Kier alpha value is -5.16. The number of likely N-dealkylation sites (tertiary alicyclic amines) is 2. The first-order valence-corrected chi connectivity index (χ1v) is 32.1. The number of nitrogens with zero attached hydrogens (tertiary/aromatic N) is 5.